The number of ether oxygens (including phenoxy) is 1. The summed E-state index contributed by atoms with van der Waals surface area (Å²) in [7, 11) is 0. The summed E-state index contributed by atoms with van der Waals surface area (Å²) in [6.45, 7) is 6.36. The Labute approximate surface area is 201 Å². The Morgan fingerprint density at radius 3 is 2.59 bits per heavy atom. The van der Waals surface area contributed by atoms with E-state index < -0.39 is 0 Å². The molecule has 0 aliphatic rings. The van der Waals surface area contributed by atoms with Crippen LogP contribution in [0.15, 0.2) is 72.8 Å². The minimum Gasteiger partial charge on any atom is -0.493 e. The molecule has 4 rings (SSSR count). The van der Waals surface area contributed by atoms with Gasteiger partial charge in [0.05, 0.1) is 24.1 Å². The Morgan fingerprint density at radius 1 is 0.941 bits per heavy atom. The molecule has 1 heterocycles. The van der Waals surface area contributed by atoms with Crippen molar-refractivity contribution in [3.05, 3.63) is 95.3 Å². The lowest BCUT2D eigenvalue weighted by molar-refractivity contribution is -0.120. The number of hydrogen-bond donors (Lipinski definition) is 1. The van der Waals surface area contributed by atoms with Gasteiger partial charge >= 0.3 is 0 Å². The van der Waals surface area contributed by atoms with Crippen LogP contribution in [0.1, 0.15) is 35.4 Å². The van der Waals surface area contributed by atoms with Gasteiger partial charge in [0, 0.05) is 19.5 Å². The summed E-state index contributed by atoms with van der Waals surface area (Å²) in [5.41, 5.74) is 5.64. The molecule has 0 spiro atoms. The zero-order valence-corrected chi connectivity index (χ0v) is 20.1. The molecule has 4 aromatic rings. The maximum atomic E-state index is 12.2. The quantitative estimate of drug-likeness (QED) is 0.308. The van der Waals surface area contributed by atoms with Gasteiger partial charge in [0.1, 0.15) is 11.6 Å². The van der Waals surface area contributed by atoms with Crippen molar-refractivity contribution in [2.24, 2.45) is 0 Å². The van der Waals surface area contributed by atoms with E-state index in [4.69, 9.17) is 9.72 Å². The number of carbonyl (C=O) groups excluding carboxylic acids is 1. The third-order valence-electron chi connectivity index (χ3n) is 6.18. The van der Waals surface area contributed by atoms with Gasteiger partial charge in [-0.15, -0.1) is 0 Å². The Bertz CT molecular complexity index is 1230. The van der Waals surface area contributed by atoms with Crippen molar-refractivity contribution in [3.63, 3.8) is 0 Å². The Hall–Kier alpha value is -3.60. The van der Waals surface area contributed by atoms with Crippen molar-refractivity contribution in [2.45, 2.75) is 46.1 Å². The minimum absolute atomic E-state index is 0.0586. The number of nitrogens with zero attached hydrogens (tertiary/aromatic N) is 2. The highest BCUT2D eigenvalue weighted by Crippen LogP contribution is 2.21. The molecule has 3 aromatic carbocycles. The van der Waals surface area contributed by atoms with Crippen LogP contribution >= 0.6 is 0 Å². The number of nitrogens with one attached hydrogen (secondary N) is 1. The summed E-state index contributed by atoms with van der Waals surface area (Å²) < 4.78 is 8.36. The minimum atomic E-state index is 0.0586. The lowest BCUT2D eigenvalue weighted by atomic mass is 10.1. The number of rotatable bonds is 11. The molecule has 0 radical (unpaired) electrons. The highest BCUT2D eigenvalue weighted by atomic mass is 16.5. The molecule has 0 saturated heterocycles. The largest absolute Gasteiger partial charge is 0.493 e. The Balaban J connectivity index is 1.31. The van der Waals surface area contributed by atoms with Gasteiger partial charge in [0.15, 0.2) is 0 Å². The van der Waals surface area contributed by atoms with Crippen LogP contribution in [-0.2, 0) is 24.2 Å². The molecule has 1 N–H and O–H groups in total. The first-order valence-electron chi connectivity index (χ1n) is 12.1. The van der Waals surface area contributed by atoms with Crippen LogP contribution in [-0.4, -0.2) is 28.6 Å². The maximum Gasteiger partial charge on any atom is 0.224 e. The van der Waals surface area contributed by atoms with Gasteiger partial charge in [0.2, 0.25) is 5.91 Å². The Morgan fingerprint density at radius 2 is 1.74 bits per heavy atom. The van der Waals surface area contributed by atoms with Gasteiger partial charge < -0.3 is 14.6 Å². The predicted molar refractivity (Wildman–Crippen MR) is 137 cm³/mol. The number of imidazole rings is 1. The molecule has 0 fully saturated rings. The van der Waals surface area contributed by atoms with Crippen LogP contribution in [0.5, 0.6) is 5.75 Å². The van der Waals surface area contributed by atoms with Crippen molar-refractivity contribution >= 4 is 16.9 Å². The third-order valence-corrected chi connectivity index (χ3v) is 6.18. The smallest absolute Gasteiger partial charge is 0.224 e. The monoisotopic (exact) mass is 455 g/mol. The van der Waals surface area contributed by atoms with Crippen LogP contribution in [0.3, 0.4) is 0 Å². The average Bonchev–Trinajstić information content (AvgIpc) is 3.20. The normalized spacial score (nSPS) is 11.0. The van der Waals surface area contributed by atoms with Gasteiger partial charge in [-0.2, -0.15) is 0 Å². The van der Waals surface area contributed by atoms with E-state index in [1.807, 2.05) is 48.5 Å². The van der Waals surface area contributed by atoms with Gasteiger partial charge in [-0.25, -0.2) is 4.98 Å². The number of benzene rings is 3. The van der Waals surface area contributed by atoms with Crippen LogP contribution in [0.25, 0.3) is 11.0 Å². The molecular weight excluding hydrogens is 422 g/mol. The SMILES string of the molecule is Cc1cccc(OCCCn2c(CCCNC(=O)Cc3ccccc3)nc3ccccc32)c1C. The van der Waals surface area contributed by atoms with Gasteiger partial charge in [-0.05, 0) is 61.6 Å². The van der Waals surface area contributed by atoms with Crippen molar-refractivity contribution in [3.8, 4) is 5.75 Å². The summed E-state index contributed by atoms with van der Waals surface area (Å²) >= 11 is 0. The number of amides is 1. The number of aryl methyl sites for hydroxylation is 3. The molecule has 0 unspecified atom stereocenters. The number of hydrogen-bond acceptors (Lipinski definition) is 3. The number of para-hydroxylation sites is 2. The third kappa shape index (κ3) is 6.04. The molecule has 1 aromatic heterocycles. The summed E-state index contributed by atoms with van der Waals surface area (Å²) in [5.74, 6) is 2.08. The van der Waals surface area contributed by atoms with E-state index in [0.29, 0.717) is 19.6 Å². The fourth-order valence-corrected chi connectivity index (χ4v) is 4.17. The van der Waals surface area contributed by atoms with Crippen LogP contribution in [0.2, 0.25) is 0 Å². The first-order chi connectivity index (χ1) is 16.6. The van der Waals surface area contributed by atoms with Crippen LogP contribution < -0.4 is 10.1 Å². The maximum absolute atomic E-state index is 12.2. The van der Waals surface area contributed by atoms with E-state index in [-0.39, 0.29) is 5.91 Å². The van der Waals surface area contributed by atoms with E-state index in [0.717, 1.165) is 54.0 Å². The number of aromatic nitrogens is 2. The summed E-state index contributed by atoms with van der Waals surface area (Å²) in [4.78, 5) is 17.1. The van der Waals surface area contributed by atoms with Crippen molar-refractivity contribution in [1.29, 1.82) is 0 Å². The second kappa shape index (κ2) is 11.5. The number of fused-ring (bicyclic) bond motifs is 1. The molecule has 1 amide bonds. The molecule has 0 aliphatic heterocycles. The number of carbonyl (C=O) groups is 1. The lowest BCUT2D eigenvalue weighted by Crippen LogP contribution is -2.26. The first-order valence-corrected chi connectivity index (χ1v) is 12.1. The van der Waals surface area contributed by atoms with E-state index in [1.54, 1.807) is 0 Å². The second-order valence-electron chi connectivity index (χ2n) is 8.68. The average molecular weight is 456 g/mol. The van der Waals surface area contributed by atoms with E-state index in [2.05, 4.69) is 48.0 Å². The van der Waals surface area contributed by atoms with Crippen molar-refractivity contribution in [1.82, 2.24) is 14.9 Å². The van der Waals surface area contributed by atoms with Crippen molar-refractivity contribution in [2.75, 3.05) is 13.2 Å². The molecule has 176 valence electrons. The highest BCUT2D eigenvalue weighted by Gasteiger charge is 2.11. The standard InChI is InChI=1S/C29H33N3O2/c1-22-11-8-16-27(23(22)2)34-20-10-19-32-26-15-7-6-14-25(26)31-28(32)17-9-18-30-29(33)21-24-12-4-3-5-13-24/h3-8,11-16H,9-10,17-21H2,1-2H3,(H,30,33). The zero-order valence-electron chi connectivity index (χ0n) is 20.1. The lowest BCUT2D eigenvalue weighted by Gasteiger charge is -2.13. The molecule has 0 bridgehead atoms. The van der Waals surface area contributed by atoms with E-state index in [9.17, 15) is 4.79 Å². The second-order valence-corrected chi connectivity index (χ2v) is 8.68. The summed E-state index contributed by atoms with van der Waals surface area (Å²) in [6, 6.07) is 24.3. The van der Waals surface area contributed by atoms with E-state index >= 15 is 0 Å². The fraction of sp³-hybridized carbons (Fsp3) is 0.310. The van der Waals surface area contributed by atoms with Gasteiger partial charge in [-0.3, -0.25) is 4.79 Å². The zero-order chi connectivity index (χ0) is 23.8. The molecular formula is C29H33N3O2. The first kappa shape index (κ1) is 23.6. The molecule has 5 nitrogen and oxygen atoms in total. The Kier molecular flexibility index (Phi) is 7.97. The highest BCUT2D eigenvalue weighted by molar-refractivity contribution is 5.78. The molecule has 0 saturated carbocycles. The predicted octanol–water partition coefficient (Wildman–Crippen LogP) is 5.41. The molecule has 0 atom stereocenters. The van der Waals surface area contributed by atoms with Crippen LogP contribution in [0.4, 0.5) is 0 Å². The summed E-state index contributed by atoms with van der Waals surface area (Å²) in [6.07, 6.45) is 2.98. The fourth-order valence-electron chi connectivity index (χ4n) is 4.17. The van der Waals surface area contributed by atoms with Gasteiger partial charge in [-0.1, -0.05) is 54.6 Å². The molecule has 5 heteroatoms. The van der Waals surface area contributed by atoms with Gasteiger partial charge in [0.25, 0.3) is 0 Å². The summed E-state index contributed by atoms with van der Waals surface area (Å²) in [5, 5.41) is 3.04. The van der Waals surface area contributed by atoms with Crippen LogP contribution in [0, 0.1) is 13.8 Å². The topological polar surface area (TPSA) is 56.1 Å². The van der Waals surface area contributed by atoms with Crippen molar-refractivity contribution < 1.29 is 9.53 Å². The van der Waals surface area contributed by atoms with E-state index in [1.165, 1.54) is 11.1 Å². The molecule has 0 aliphatic carbocycles. The molecule has 34 heavy (non-hydrogen) atoms.